The van der Waals surface area contributed by atoms with E-state index in [2.05, 4.69) is 5.32 Å². The highest BCUT2D eigenvalue weighted by Crippen LogP contribution is 2.33. The number of carbonyl (C=O) groups excluding carboxylic acids is 2. The fourth-order valence-electron chi connectivity index (χ4n) is 3.89. The third-order valence-electron chi connectivity index (χ3n) is 5.56. The summed E-state index contributed by atoms with van der Waals surface area (Å²) >= 11 is 1.59. The van der Waals surface area contributed by atoms with E-state index in [4.69, 9.17) is 9.47 Å². The summed E-state index contributed by atoms with van der Waals surface area (Å²) in [6.07, 6.45) is 2.38. The number of nitrogens with one attached hydrogen (secondary N) is 1. The van der Waals surface area contributed by atoms with Gasteiger partial charge in [0.25, 0.3) is 5.91 Å². The Bertz CT molecular complexity index is 889. The molecule has 2 amide bonds. The number of fused-ring (bicyclic) bond motifs is 1. The van der Waals surface area contributed by atoms with E-state index in [9.17, 15) is 9.59 Å². The predicted octanol–water partition coefficient (Wildman–Crippen LogP) is 2.65. The lowest BCUT2D eigenvalue weighted by Crippen LogP contribution is -2.40. The second-order valence-corrected chi connectivity index (χ2v) is 8.61. The van der Waals surface area contributed by atoms with Gasteiger partial charge in [0.05, 0.1) is 25.2 Å². The van der Waals surface area contributed by atoms with E-state index in [1.807, 2.05) is 35.2 Å². The number of methoxy groups -OCH3 is 1. The second kappa shape index (κ2) is 8.97. The molecule has 0 saturated carbocycles. The van der Waals surface area contributed by atoms with E-state index >= 15 is 0 Å². The van der Waals surface area contributed by atoms with Crippen LogP contribution >= 0.6 is 11.3 Å². The lowest BCUT2D eigenvalue weighted by molar-refractivity contribution is -0.125. The van der Waals surface area contributed by atoms with Gasteiger partial charge in [0.15, 0.2) is 0 Å². The number of hydrogen-bond acceptors (Lipinski definition) is 5. The minimum atomic E-state index is -0.0472. The van der Waals surface area contributed by atoms with E-state index in [-0.39, 0.29) is 17.7 Å². The molecule has 1 aromatic carbocycles. The fraction of sp³-hybridized carbons (Fsp3) is 0.455. The molecule has 1 saturated heterocycles. The van der Waals surface area contributed by atoms with Crippen molar-refractivity contribution in [1.82, 2.24) is 10.2 Å². The number of thiophene rings is 1. The molecule has 2 heterocycles. The van der Waals surface area contributed by atoms with Gasteiger partial charge in [-0.1, -0.05) is 12.1 Å². The number of ether oxygens (including phenoxy) is 2. The van der Waals surface area contributed by atoms with Gasteiger partial charge in [0.2, 0.25) is 5.91 Å². The molecule has 1 fully saturated rings. The summed E-state index contributed by atoms with van der Waals surface area (Å²) in [6.45, 7) is 3.00. The van der Waals surface area contributed by atoms with Gasteiger partial charge in [-0.3, -0.25) is 9.59 Å². The molecular formula is C22H26N2O4S. The SMILES string of the molecule is COc1cccc(CNC(=O)C2CCc3sc(C(=O)N4CCOCC4)cc3C2)c1. The Hall–Kier alpha value is -2.38. The molecule has 29 heavy (non-hydrogen) atoms. The average Bonchev–Trinajstić information content (AvgIpc) is 3.21. The molecule has 1 atom stereocenters. The molecule has 154 valence electrons. The minimum absolute atomic E-state index is 0.0472. The summed E-state index contributed by atoms with van der Waals surface area (Å²) in [5.41, 5.74) is 2.17. The van der Waals surface area contributed by atoms with Crippen molar-refractivity contribution in [3.63, 3.8) is 0 Å². The average molecular weight is 415 g/mol. The van der Waals surface area contributed by atoms with Crippen LogP contribution < -0.4 is 10.1 Å². The van der Waals surface area contributed by atoms with Crippen molar-refractivity contribution in [3.05, 3.63) is 51.2 Å². The number of benzene rings is 1. The zero-order valence-electron chi connectivity index (χ0n) is 16.6. The van der Waals surface area contributed by atoms with Crippen LogP contribution in [0, 0.1) is 5.92 Å². The number of hydrogen-bond donors (Lipinski definition) is 1. The molecule has 1 unspecified atom stereocenters. The van der Waals surface area contributed by atoms with Crippen LogP contribution in [0.3, 0.4) is 0 Å². The maximum absolute atomic E-state index is 12.7. The monoisotopic (exact) mass is 414 g/mol. The molecule has 1 aliphatic heterocycles. The second-order valence-electron chi connectivity index (χ2n) is 7.47. The van der Waals surface area contributed by atoms with E-state index in [1.165, 1.54) is 4.88 Å². The first-order valence-electron chi connectivity index (χ1n) is 10.0. The molecule has 6 nitrogen and oxygen atoms in total. The lowest BCUT2D eigenvalue weighted by atomic mass is 9.87. The third-order valence-corrected chi connectivity index (χ3v) is 6.79. The summed E-state index contributed by atoms with van der Waals surface area (Å²) < 4.78 is 10.6. The first-order valence-corrected chi connectivity index (χ1v) is 10.8. The number of nitrogens with zero attached hydrogens (tertiary/aromatic N) is 1. The van der Waals surface area contributed by atoms with Gasteiger partial charge >= 0.3 is 0 Å². The molecule has 2 aliphatic rings. The van der Waals surface area contributed by atoms with Crippen LogP contribution in [-0.4, -0.2) is 50.1 Å². The van der Waals surface area contributed by atoms with Gasteiger partial charge in [-0.05, 0) is 48.6 Å². The zero-order valence-corrected chi connectivity index (χ0v) is 17.4. The number of amides is 2. The van der Waals surface area contributed by atoms with E-state index in [1.54, 1.807) is 18.4 Å². The van der Waals surface area contributed by atoms with Gasteiger partial charge in [0, 0.05) is 30.4 Å². The Balaban J connectivity index is 1.36. The number of aryl methyl sites for hydroxylation is 1. The van der Waals surface area contributed by atoms with Crippen LogP contribution in [0.15, 0.2) is 30.3 Å². The molecule has 1 aromatic heterocycles. The summed E-state index contributed by atoms with van der Waals surface area (Å²) in [6, 6.07) is 9.72. The molecule has 0 bridgehead atoms. The van der Waals surface area contributed by atoms with Gasteiger partial charge in [-0.25, -0.2) is 0 Å². The normalized spacial score (nSPS) is 18.8. The van der Waals surface area contributed by atoms with Crippen LogP contribution in [-0.2, 0) is 28.9 Å². The van der Waals surface area contributed by atoms with Crippen molar-refractivity contribution >= 4 is 23.2 Å². The molecule has 1 N–H and O–H groups in total. The molecule has 4 rings (SSSR count). The van der Waals surface area contributed by atoms with Gasteiger partial charge in [0.1, 0.15) is 5.75 Å². The fourth-order valence-corrected chi connectivity index (χ4v) is 5.07. The number of carbonyl (C=O) groups is 2. The molecule has 1 aliphatic carbocycles. The van der Waals surface area contributed by atoms with Crippen LogP contribution in [0.5, 0.6) is 5.75 Å². The molecule has 7 heteroatoms. The Labute approximate surface area is 174 Å². The summed E-state index contributed by atoms with van der Waals surface area (Å²) in [4.78, 5) is 29.3. The molecule has 0 radical (unpaired) electrons. The minimum Gasteiger partial charge on any atom is -0.497 e. The highest BCUT2D eigenvalue weighted by Gasteiger charge is 2.28. The highest BCUT2D eigenvalue weighted by molar-refractivity contribution is 7.14. The number of morpholine rings is 1. The largest absolute Gasteiger partial charge is 0.497 e. The van der Waals surface area contributed by atoms with E-state index in [0.29, 0.717) is 39.3 Å². The van der Waals surface area contributed by atoms with Gasteiger partial charge in [-0.2, -0.15) is 0 Å². The van der Waals surface area contributed by atoms with Crippen molar-refractivity contribution < 1.29 is 19.1 Å². The maximum Gasteiger partial charge on any atom is 0.264 e. The predicted molar refractivity (Wildman–Crippen MR) is 111 cm³/mol. The van der Waals surface area contributed by atoms with Crippen LogP contribution in [0.25, 0.3) is 0 Å². The summed E-state index contributed by atoms with van der Waals surface area (Å²) in [7, 11) is 1.64. The molecular weight excluding hydrogens is 388 g/mol. The topological polar surface area (TPSA) is 67.9 Å². The van der Waals surface area contributed by atoms with Crippen molar-refractivity contribution in [2.24, 2.45) is 5.92 Å². The Morgan fingerprint density at radius 3 is 2.90 bits per heavy atom. The van der Waals surface area contributed by atoms with E-state index in [0.717, 1.165) is 34.6 Å². The quantitative estimate of drug-likeness (QED) is 0.817. The first kappa shape index (κ1) is 19.9. The Morgan fingerprint density at radius 2 is 2.10 bits per heavy atom. The van der Waals surface area contributed by atoms with Crippen molar-refractivity contribution in [1.29, 1.82) is 0 Å². The van der Waals surface area contributed by atoms with Crippen molar-refractivity contribution in [2.45, 2.75) is 25.8 Å². The van der Waals surface area contributed by atoms with Gasteiger partial charge < -0.3 is 19.7 Å². The zero-order chi connectivity index (χ0) is 20.2. The smallest absolute Gasteiger partial charge is 0.264 e. The van der Waals surface area contributed by atoms with Crippen LogP contribution in [0.4, 0.5) is 0 Å². The third kappa shape index (κ3) is 4.62. The first-order chi connectivity index (χ1) is 14.1. The summed E-state index contributed by atoms with van der Waals surface area (Å²) in [5.74, 6) is 0.904. The van der Waals surface area contributed by atoms with Crippen molar-refractivity contribution in [2.75, 3.05) is 33.4 Å². The van der Waals surface area contributed by atoms with Crippen LogP contribution in [0.2, 0.25) is 0 Å². The standard InChI is InChI=1S/C22H26N2O4S/c1-27-18-4-2-3-15(11-18)14-23-21(25)16-5-6-19-17(12-16)13-20(29-19)22(26)24-7-9-28-10-8-24/h2-4,11,13,16H,5-10,12,14H2,1H3,(H,23,25). The van der Waals surface area contributed by atoms with Crippen molar-refractivity contribution in [3.8, 4) is 5.75 Å². The van der Waals surface area contributed by atoms with Crippen LogP contribution in [0.1, 0.15) is 32.1 Å². The van der Waals surface area contributed by atoms with Gasteiger partial charge in [-0.15, -0.1) is 11.3 Å². The maximum atomic E-state index is 12.7. The molecule has 2 aromatic rings. The Kier molecular flexibility index (Phi) is 6.16. The molecule has 0 spiro atoms. The Morgan fingerprint density at radius 1 is 1.28 bits per heavy atom. The van der Waals surface area contributed by atoms with E-state index < -0.39 is 0 Å². The highest BCUT2D eigenvalue weighted by atomic mass is 32.1. The number of rotatable bonds is 5. The summed E-state index contributed by atoms with van der Waals surface area (Å²) in [5, 5.41) is 3.05. The lowest BCUT2D eigenvalue weighted by Gasteiger charge is -2.26.